The van der Waals surface area contributed by atoms with E-state index in [2.05, 4.69) is 43.2 Å². The van der Waals surface area contributed by atoms with Crippen molar-refractivity contribution in [3.05, 3.63) is 61.4 Å². The molecule has 1 aliphatic carbocycles. The zero-order valence-corrected chi connectivity index (χ0v) is 20.3. The number of carbonyl (C=O) groups excluding carboxylic acids is 1. The van der Waals surface area contributed by atoms with Crippen LogP contribution in [0.15, 0.2) is 61.4 Å². The highest BCUT2D eigenvalue weighted by Crippen LogP contribution is 2.32. The Hall–Kier alpha value is -3.85. The summed E-state index contributed by atoms with van der Waals surface area (Å²) in [7, 11) is 1.91. The first-order valence-electron chi connectivity index (χ1n) is 12.5. The van der Waals surface area contributed by atoms with Gasteiger partial charge in [0.25, 0.3) is 0 Å². The summed E-state index contributed by atoms with van der Waals surface area (Å²) in [4.78, 5) is 23.5. The third kappa shape index (κ3) is 4.54. The maximum absolute atomic E-state index is 12.2. The van der Waals surface area contributed by atoms with Gasteiger partial charge in [-0.3, -0.25) is 14.2 Å². The van der Waals surface area contributed by atoms with Gasteiger partial charge < -0.3 is 9.64 Å². The fourth-order valence-corrected chi connectivity index (χ4v) is 5.27. The van der Waals surface area contributed by atoms with Gasteiger partial charge in [0.05, 0.1) is 25.0 Å². The van der Waals surface area contributed by atoms with E-state index in [1.165, 1.54) is 0 Å². The van der Waals surface area contributed by atoms with Gasteiger partial charge in [-0.25, -0.2) is 9.97 Å². The Kier molecular flexibility index (Phi) is 6.06. The molecule has 1 aromatic carbocycles. The molecule has 4 aromatic rings. The van der Waals surface area contributed by atoms with Crippen molar-refractivity contribution >= 4 is 5.91 Å². The van der Waals surface area contributed by atoms with E-state index >= 15 is 0 Å². The predicted octanol–water partition coefficient (Wildman–Crippen LogP) is 3.75. The van der Waals surface area contributed by atoms with Gasteiger partial charge in [0.1, 0.15) is 6.61 Å². The number of benzene rings is 1. The number of morpholine rings is 1. The Morgan fingerprint density at radius 3 is 2.31 bits per heavy atom. The molecule has 9 heteroatoms. The van der Waals surface area contributed by atoms with Crippen molar-refractivity contribution in [2.24, 2.45) is 7.05 Å². The summed E-state index contributed by atoms with van der Waals surface area (Å²) in [5, 5.41) is 8.91. The molecule has 0 unspecified atom stereocenters. The second-order valence-electron chi connectivity index (χ2n) is 9.59. The van der Waals surface area contributed by atoms with Crippen LogP contribution in [0, 0.1) is 0 Å². The average molecular weight is 484 g/mol. The number of hydrogen-bond donors (Lipinski definition) is 0. The van der Waals surface area contributed by atoms with Crippen LogP contribution in [-0.2, 0) is 16.6 Å². The number of amides is 1. The number of ether oxygens (including phenoxy) is 1. The van der Waals surface area contributed by atoms with Gasteiger partial charge in [0.2, 0.25) is 5.91 Å². The lowest BCUT2D eigenvalue weighted by Crippen LogP contribution is -2.48. The zero-order valence-electron chi connectivity index (χ0n) is 20.3. The summed E-state index contributed by atoms with van der Waals surface area (Å²) in [6.07, 6.45) is 15.6. The van der Waals surface area contributed by atoms with E-state index in [0.717, 1.165) is 53.5 Å². The third-order valence-corrected chi connectivity index (χ3v) is 7.25. The van der Waals surface area contributed by atoms with Crippen LogP contribution in [-0.4, -0.2) is 66.1 Å². The summed E-state index contributed by atoms with van der Waals surface area (Å²) in [5.41, 5.74) is 5.07. The Labute approximate surface area is 209 Å². The predicted molar refractivity (Wildman–Crippen MR) is 135 cm³/mol. The molecule has 1 amide bonds. The molecular weight excluding hydrogens is 454 g/mol. The summed E-state index contributed by atoms with van der Waals surface area (Å²) in [6, 6.07) is 8.86. The number of aryl methyl sites for hydroxylation is 1. The molecule has 2 aliphatic rings. The van der Waals surface area contributed by atoms with E-state index in [4.69, 9.17) is 4.74 Å². The molecule has 0 atom stereocenters. The van der Waals surface area contributed by atoms with E-state index in [9.17, 15) is 4.79 Å². The first kappa shape index (κ1) is 22.6. The second-order valence-corrected chi connectivity index (χ2v) is 9.59. The van der Waals surface area contributed by atoms with Gasteiger partial charge in [-0.15, -0.1) is 0 Å². The first-order valence-corrected chi connectivity index (χ1v) is 12.5. The Balaban J connectivity index is 1.12. The molecular formula is C27H29N7O2. The van der Waals surface area contributed by atoms with Crippen LogP contribution in [0.5, 0.6) is 0 Å². The molecule has 9 nitrogen and oxygen atoms in total. The molecule has 0 radical (unpaired) electrons. The summed E-state index contributed by atoms with van der Waals surface area (Å²) in [6.45, 7) is 1.58. The highest BCUT2D eigenvalue weighted by atomic mass is 16.5. The molecule has 3 aromatic heterocycles. The van der Waals surface area contributed by atoms with Crippen molar-refractivity contribution in [1.82, 2.24) is 34.4 Å². The zero-order chi connectivity index (χ0) is 24.5. The van der Waals surface area contributed by atoms with Crippen molar-refractivity contribution in [2.45, 2.75) is 37.8 Å². The lowest BCUT2D eigenvalue weighted by atomic mass is 9.90. The minimum absolute atomic E-state index is 0.123. The second kappa shape index (κ2) is 9.66. The van der Waals surface area contributed by atoms with Crippen LogP contribution < -0.4 is 0 Å². The average Bonchev–Trinajstić information content (AvgIpc) is 3.59. The molecule has 0 bridgehead atoms. The quantitative estimate of drug-likeness (QED) is 0.429. The molecule has 0 spiro atoms. The number of nitrogens with zero attached hydrogens (tertiary/aromatic N) is 7. The lowest BCUT2D eigenvalue weighted by molar-refractivity contribution is -0.146. The van der Waals surface area contributed by atoms with Crippen molar-refractivity contribution in [3.8, 4) is 33.6 Å². The van der Waals surface area contributed by atoms with Gasteiger partial charge in [-0.2, -0.15) is 10.2 Å². The van der Waals surface area contributed by atoms with Crippen LogP contribution in [0.4, 0.5) is 0 Å². The number of hydrogen-bond acceptors (Lipinski definition) is 6. The fourth-order valence-electron chi connectivity index (χ4n) is 5.27. The third-order valence-electron chi connectivity index (χ3n) is 7.25. The molecule has 184 valence electrons. The fraction of sp³-hybridized carbons (Fsp3) is 0.370. The van der Waals surface area contributed by atoms with Crippen LogP contribution in [0.3, 0.4) is 0 Å². The molecule has 1 saturated carbocycles. The van der Waals surface area contributed by atoms with Gasteiger partial charge in [-0.1, -0.05) is 18.2 Å². The van der Waals surface area contributed by atoms with Crippen molar-refractivity contribution in [3.63, 3.8) is 0 Å². The van der Waals surface area contributed by atoms with Crippen LogP contribution in [0.25, 0.3) is 33.6 Å². The maximum atomic E-state index is 12.2. The summed E-state index contributed by atoms with van der Waals surface area (Å²) >= 11 is 0. The van der Waals surface area contributed by atoms with Gasteiger partial charge in [0, 0.05) is 66.7 Å². The molecule has 1 saturated heterocycles. The monoisotopic (exact) mass is 483 g/mol. The molecule has 2 fully saturated rings. The molecule has 6 rings (SSSR count). The molecule has 36 heavy (non-hydrogen) atoms. The van der Waals surface area contributed by atoms with E-state index in [1.54, 1.807) is 4.68 Å². The normalized spacial score (nSPS) is 20.6. The van der Waals surface area contributed by atoms with Crippen LogP contribution >= 0.6 is 0 Å². The highest BCUT2D eigenvalue weighted by molar-refractivity contribution is 5.78. The maximum Gasteiger partial charge on any atom is 0.248 e. The number of rotatable bonds is 5. The highest BCUT2D eigenvalue weighted by Gasteiger charge is 2.31. The SMILES string of the molecule is Cn1cc(-c2cccc(-c3ncc(-c4cnn(C5CCC(N6CCOCC6=O)CC5)c4)cn3)c2)cn1. The number of aromatic nitrogens is 6. The van der Waals surface area contributed by atoms with E-state index in [-0.39, 0.29) is 12.5 Å². The van der Waals surface area contributed by atoms with Gasteiger partial charge >= 0.3 is 0 Å². The Bertz CT molecular complexity index is 1350. The first-order chi connectivity index (χ1) is 17.6. The van der Waals surface area contributed by atoms with Crippen LogP contribution in [0.1, 0.15) is 31.7 Å². The van der Waals surface area contributed by atoms with Crippen molar-refractivity contribution in [1.29, 1.82) is 0 Å². The van der Waals surface area contributed by atoms with Crippen LogP contribution in [0.2, 0.25) is 0 Å². The summed E-state index contributed by atoms with van der Waals surface area (Å²) in [5.74, 6) is 0.811. The summed E-state index contributed by atoms with van der Waals surface area (Å²) < 4.78 is 9.14. The minimum Gasteiger partial charge on any atom is -0.370 e. The van der Waals surface area contributed by atoms with Crippen molar-refractivity contribution in [2.75, 3.05) is 19.8 Å². The van der Waals surface area contributed by atoms with E-state index in [1.807, 2.05) is 55.1 Å². The molecule has 4 heterocycles. The van der Waals surface area contributed by atoms with Crippen molar-refractivity contribution < 1.29 is 9.53 Å². The molecule has 1 aliphatic heterocycles. The number of carbonyl (C=O) groups is 1. The minimum atomic E-state index is 0.123. The smallest absolute Gasteiger partial charge is 0.248 e. The standard InChI is InChI=1S/C27H29N7O2/c1-32-16-22(14-30-32)19-3-2-4-20(11-19)27-28-12-21(13-29-27)23-15-31-34(17-23)25-7-5-24(6-8-25)33-9-10-36-18-26(33)35/h2-4,11-17,24-25H,5-10,18H2,1H3. The van der Waals surface area contributed by atoms with E-state index in [0.29, 0.717) is 31.1 Å². The largest absolute Gasteiger partial charge is 0.370 e. The Morgan fingerprint density at radius 1 is 0.833 bits per heavy atom. The molecule has 0 N–H and O–H groups in total. The lowest BCUT2D eigenvalue weighted by Gasteiger charge is -2.38. The van der Waals surface area contributed by atoms with E-state index < -0.39 is 0 Å². The van der Waals surface area contributed by atoms with Gasteiger partial charge in [0.15, 0.2) is 5.82 Å². The topological polar surface area (TPSA) is 91.0 Å². The van der Waals surface area contributed by atoms with Gasteiger partial charge in [-0.05, 0) is 37.3 Å². The Morgan fingerprint density at radius 2 is 1.56 bits per heavy atom.